The van der Waals surface area contributed by atoms with Crippen LogP contribution in [-0.2, 0) is 0 Å². The lowest BCUT2D eigenvalue weighted by Gasteiger charge is -2.20. The first-order chi connectivity index (χ1) is 12.5. The van der Waals surface area contributed by atoms with Crippen molar-refractivity contribution < 1.29 is 4.79 Å². The second kappa shape index (κ2) is 7.97. The number of amides is 1. The number of halogens is 1. The van der Waals surface area contributed by atoms with Crippen molar-refractivity contribution in [3.05, 3.63) is 88.6 Å². The molecule has 1 heterocycles. The van der Waals surface area contributed by atoms with E-state index in [9.17, 15) is 4.79 Å². The molecular formula is C20H19ClN4O. The van der Waals surface area contributed by atoms with Gasteiger partial charge in [0.05, 0.1) is 6.04 Å². The molecule has 1 unspecified atom stereocenters. The molecule has 3 aromatic rings. The third-order valence-corrected chi connectivity index (χ3v) is 4.20. The van der Waals surface area contributed by atoms with Gasteiger partial charge in [-0.1, -0.05) is 54.1 Å². The van der Waals surface area contributed by atoms with Crippen LogP contribution in [0.4, 0.5) is 5.82 Å². The first kappa shape index (κ1) is 17.9. The molecule has 1 atom stereocenters. The van der Waals surface area contributed by atoms with E-state index in [4.69, 9.17) is 11.6 Å². The highest BCUT2D eigenvalue weighted by molar-refractivity contribution is 6.30. The van der Waals surface area contributed by atoms with Crippen molar-refractivity contribution >= 4 is 23.3 Å². The number of anilines is 1. The van der Waals surface area contributed by atoms with Gasteiger partial charge in [0.1, 0.15) is 0 Å². The van der Waals surface area contributed by atoms with Gasteiger partial charge < -0.3 is 10.2 Å². The van der Waals surface area contributed by atoms with E-state index < -0.39 is 0 Å². The van der Waals surface area contributed by atoms with Gasteiger partial charge in [-0.25, -0.2) is 0 Å². The van der Waals surface area contributed by atoms with Crippen molar-refractivity contribution in [1.82, 2.24) is 15.5 Å². The SMILES string of the molecule is CN(C)c1ccc(C(=O)NC(c2ccccc2)c2ccc(Cl)cc2)nn1. The Balaban J connectivity index is 1.88. The summed E-state index contributed by atoms with van der Waals surface area (Å²) in [5, 5.41) is 11.8. The van der Waals surface area contributed by atoms with E-state index in [1.165, 1.54) is 0 Å². The summed E-state index contributed by atoms with van der Waals surface area (Å²) in [7, 11) is 3.74. The maximum absolute atomic E-state index is 12.7. The minimum atomic E-state index is -0.309. The summed E-state index contributed by atoms with van der Waals surface area (Å²) in [4.78, 5) is 14.5. The largest absolute Gasteiger partial charge is 0.361 e. The molecule has 1 aromatic heterocycles. The standard InChI is InChI=1S/C20H19ClN4O/c1-25(2)18-13-12-17(23-24-18)20(26)22-19(14-6-4-3-5-7-14)15-8-10-16(21)11-9-15/h3-13,19H,1-2H3,(H,22,26). The highest BCUT2D eigenvalue weighted by atomic mass is 35.5. The summed E-state index contributed by atoms with van der Waals surface area (Å²) in [5.41, 5.74) is 2.18. The molecule has 0 bridgehead atoms. The molecule has 1 N–H and O–H groups in total. The van der Waals surface area contributed by atoms with E-state index in [1.807, 2.05) is 73.6 Å². The third-order valence-electron chi connectivity index (χ3n) is 3.95. The van der Waals surface area contributed by atoms with Gasteiger partial charge in [-0.3, -0.25) is 4.79 Å². The number of benzene rings is 2. The highest BCUT2D eigenvalue weighted by Gasteiger charge is 2.19. The number of hydrogen-bond donors (Lipinski definition) is 1. The number of rotatable bonds is 5. The second-order valence-electron chi connectivity index (χ2n) is 6.04. The Morgan fingerprint density at radius 3 is 2.15 bits per heavy atom. The van der Waals surface area contributed by atoms with Crippen molar-refractivity contribution in [3.8, 4) is 0 Å². The lowest BCUT2D eigenvalue weighted by Crippen LogP contribution is -2.30. The Morgan fingerprint density at radius 2 is 1.58 bits per heavy atom. The first-order valence-electron chi connectivity index (χ1n) is 8.17. The predicted molar refractivity (Wildman–Crippen MR) is 104 cm³/mol. The Labute approximate surface area is 157 Å². The monoisotopic (exact) mass is 366 g/mol. The van der Waals surface area contributed by atoms with Crippen LogP contribution in [0.5, 0.6) is 0 Å². The van der Waals surface area contributed by atoms with Gasteiger partial charge in [0.15, 0.2) is 11.5 Å². The molecule has 132 valence electrons. The Kier molecular flexibility index (Phi) is 5.49. The lowest BCUT2D eigenvalue weighted by atomic mass is 9.98. The van der Waals surface area contributed by atoms with Gasteiger partial charge >= 0.3 is 0 Å². The molecule has 0 spiro atoms. The maximum atomic E-state index is 12.7. The molecule has 0 aliphatic heterocycles. The fourth-order valence-corrected chi connectivity index (χ4v) is 2.68. The topological polar surface area (TPSA) is 58.1 Å². The molecule has 0 radical (unpaired) electrons. The van der Waals surface area contributed by atoms with Gasteiger partial charge in [0.25, 0.3) is 5.91 Å². The van der Waals surface area contributed by atoms with Gasteiger partial charge in [0, 0.05) is 19.1 Å². The van der Waals surface area contributed by atoms with Gasteiger partial charge in [-0.15, -0.1) is 10.2 Å². The zero-order chi connectivity index (χ0) is 18.5. The quantitative estimate of drug-likeness (QED) is 0.747. The molecule has 0 aliphatic carbocycles. The Hall–Kier alpha value is -2.92. The average Bonchev–Trinajstić information content (AvgIpc) is 2.67. The number of aromatic nitrogens is 2. The number of carbonyl (C=O) groups is 1. The number of nitrogens with one attached hydrogen (secondary N) is 1. The van der Waals surface area contributed by atoms with Crippen molar-refractivity contribution in [2.75, 3.05) is 19.0 Å². The number of hydrogen-bond acceptors (Lipinski definition) is 4. The first-order valence-corrected chi connectivity index (χ1v) is 8.55. The summed E-state index contributed by atoms with van der Waals surface area (Å²) < 4.78 is 0. The van der Waals surface area contributed by atoms with Crippen LogP contribution in [-0.4, -0.2) is 30.2 Å². The van der Waals surface area contributed by atoms with Crippen molar-refractivity contribution in [2.24, 2.45) is 0 Å². The predicted octanol–water partition coefficient (Wildman–Crippen LogP) is 3.72. The number of nitrogens with zero attached hydrogens (tertiary/aromatic N) is 3. The molecule has 0 aliphatic rings. The van der Waals surface area contributed by atoms with Crippen LogP contribution in [0.15, 0.2) is 66.7 Å². The van der Waals surface area contributed by atoms with Gasteiger partial charge in [-0.2, -0.15) is 0 Å². The molecule has 0 saturated carbocycles. The van der Waals surface area contributed by atoms with E-state index >= 15 is 0 Å². The zero-order valence-electron chi connectivity index (χ0n) is 14.6. The van der Waals surface area contributed by atoms with E-state index in [0.29, 0.717) is 10.8 Å². The molecule has 0 fully saturated rings. The summed E-state index contributed by atoms with van der Waals surface area (Å²) in [6.45, 7) is 0. The van der Waals surface area contributed by atoms with Crippen molar-refractivity contribution in [3.63, 3.8) is 0 Å². The number of carbonyl (C=O) groups excluding carboxylic acids is 1. The summed E-state index contributed by atoms with van der Waals surface area (Å²) in [6.07, 6.45) is 0. The van der Waals surface area contributed by atoms with E-state index in [2.05, 4.69) is 15.5 Å². The summed E-state index contributed by atoms with van der Waals surface area (Å²) in [6, 6.07) is 20.3. The summed E-state index contributed by atoms with van der Waals surface area (Å²) >= 11 is 5.99. The molecule has 1 amide bonds. The Morgan fingerprint density at radius 1 is 0.923 bits per heavy atom. The van der Waals surface area contributed by atoms with E-state index in [1.54, 1.807) is 12.1 Å². The Bertz CT molecular complexity index is 865. The molecule has 2 aromatic carbocycles. The molecule has 6 heteroatoms. The fraction of sp³-hybridized carbons (Fsp3) is 0.150. The molecule has 26 heavy (non-hydrogen) atoms. The van der Waals surface area contributed by atoms with Crippen molar-refractivity contribution in [1.29, 1.82) is 0 Å². The highest BCUT2D eigenvalue weighted by Crippen LogP contribution is 2.24. The van der Waals surface area contributed by atoms with Crippen LogP contribution in [0.25, 0.3) is 0 Å². The minimum absolute atomic E-state index is 0.269. The van der Waals surface area contributed by atoms with Crippen LogP contribution in [0.3, 0.4) is 0 Å². The molecule has 0 saturated heterocycles. The second-order valence-corrected chi connectivity index (χ2v) is 6.48. The third kappa shape index (κ3) is 4.18. The minimum Gasteiger partial charge on any atom is -0.361 e. The van der Waals surface area contributed by atoms with Crippen LogP contribution in [0.2, 0.25) is 5.02 Å². The average molecular weight is 367 g/mol. The van der Waals surface area contributed by atoms with Gasteiger partial charge in [0.2, 0.25) is 0 Å². The van der Waals surface area contributed by atoms with Crippen LogP contribution in [0.1, 0.15) is 27.7 Å². The van der Waals surface area contributed by atoms with E-state index in [-0.39, 0.29) is 17.6 Å². The molecule has 3 rings (SSSR count). The maximum Gasteiger partial charge on any atom is 0.272 e. The van der Waals surface area contributed by atoms with E-state index in [0.717, 1.165) is 11.1 Å². The van der Waals surface area contributed by atoms with Crippen molar-refractivity contribution in [2.45, 2.75) is 6.04 Å². The van der Waals surface area contributed by atoms with Gasteiger partial charge in [-0.05, 0) is 35.4 Å². The normalized spacial score (nSPS) is 11.7. The fourth-order valence-electron chi connectivity index (χ4n) is 2.55. The molecule has 5 nitrogen and oxygen atoms in total. The lowest BCUT2D eigenvalue weighted by molar-refractivity contribution is 0.0937. The smallest absolute Gasteiger partial charge is 0.272 e. The van der Waals surface area contributed by atoms with Crippen LogP contribution < -0.4 is 10.2 Å². The molecular weight excluding hydrogens is 348 g/mol. The zero-order valence-corrected chi connectivity index (χ0v) is 15.3. The summed E-state index contributed by atoms with van der Waals surface area (Å²) in [5.74, 6) is 0.408. The van der Waals surface area contributed by atoms with Crippen LogP contribution in [0, 0.1) is 0 Å². The van der Waals surface area contributed by atoms with Crippen LogP contribution >= 0.6 is 11.6 Å².